The molecule has 2 aromatic carbocycles. The number of hydrogen-bond donors (Lipinski definition) is 2. The SMILES string of the molecule is [2H]c1c(C(C)OCCC(C)c2c(F)cccc2F)c2cc3cc(C(C)OCCC(C)c4c(F)cccc4F)c(cc4nc(cc5nc(cc1[nH]2)C=C5)C=C4)[nH]3. The lowest BCUT2D eigenvalue weighted by Gasteiger charge is -2.17. The minimum absolute atomic E-state index is 0.0326. The summed E-state index contributed by atoms with van der Waals surface area (Å²) in [6.07, 6.45) is 7.44. The minimum atomic E-state index is -0.586. The molecule has 278 valence electrons. The molecule has 0 radical (unpaired) electrons. The van der Waals surface area contributed by atoms with E-state index in [1.165, 1.54) is 36.4 Å². The van der Waals surface area contributed by atoms with E-state index < -0.39 is 47.3 Å². The van der Waals surface area contributed by atoms with Gasteiger partial charge in [-0.1, -0.05) is 26.0 Å². The van der Waals surface area contributed by atoms with E-state index >= 15 is 0 Å². The third-order valence-electron chi connectivity index (χ3n) is 9.94. The van der Waals surface area contributed by atoms with E-state index in [9.17, 15) is 18.9 Å². The quantitative estimate of drug-likeness (QED) is 0.123. The summed E-state index contributed by atoms with van der Waals surface area (Å²) >= 11 is 0. The van der Waals surface area contributed by atoms with Gasteiger partial charge in [-0.3, -0.25) is 0 Å². The normalized spacial score (nSPS) is 14.9. The van der Waals surface area contributed by atoms with Crippen LogP contribution < -0.4 is 0 Å². The summed E-state index contributed by atoms with van der Waals surface area (Å²) < 4.78 is 79.6. The number of nitrogens with one attached hydrogen (secondary N) is 2. The first-order chi connectivity index (χ1) is 26.4. The molecular weight excluding hydrogens is 693 g/mol. The molecule has 2 aliphatic heterocycles. The van der Waals surface area contributed by atoms with Crippen molar-refractivity contribution < 1.29 is 28.4 Å². The third-order valence-corrected chi connectivity index (χ3v) is 9.94. The van der Waals surface area contributed by atoms with Crippen molar-refractivity contribution >= 4 is 46.4 Å². The molecule has 4 atom stereocenters. The van der Waals surface area contributed by atoms with Gasteiger partial charge in [0.25, 0.3) is 0 Å². The molecule has 0 spiro atoms. The Morgan fingerprint density at radius 1 is 0.574 bits per heavy atom. The van der Waals surface area contributed by atoms with E-state index in [0.29, 0.717) is 35.1 Å². The summed E-state index contributed by atoms with van der Waals surface area (Å²) in [5, 5.41) is 0. The van der Waals surface area contributed by atoms with Crippen molar-refractivity contribution in [1.82, 2.24) is 19.9 Å². The van der Waals surface area contributed by atoms with E-state index in [1.54, 1.807) is 13.8 Å². The van der Waals surface area contributed by atoms with Gasteiger partial charge in [0.2, 0.25) is 0 Å². The van der Waals surface area contributed by atoms with Crippen molar-refractivity contribution in [2.75, 3.05) is 13.2 Å². The average Bonchev–Trinajstić information content (AvgIpc) is 3.92. The van der Waals surface area contributed by atoms with E-state index in [1.807, 2.05) is 68.5 Å². The largest absolute Gasteiger partial charge is 0.374 e. The molecule has 2 N–H and O–H groups in total. The lowest BCUT2D eigenvalue weighted by molar-refractivity contribution is 0.0618. The van der Waals surface area contributed by atoms with E-state index in [2.05, 4.69) is 9.97 Å². The molecule has 3 aromatic heterocycles. The fourth-order valence-corrected chi connectivity index (χ4v) is 6.99. The Morgan fingerprint density at radius 2 is 1.02 bits per heavy atom. The fourth-order valence-electron chi connectivity index (χ4n) is 6.99. The van der Waals surface area contributed by atoms with Crippen LogP contribution in [0.15, 0.2) is 72.8 Å². The smallest absolute Gasteiger partial charge is 0.129 e. The highest BCUT2D eigenvalue weighted by Crippen LogP contribution is 2.31. The highest BCUT2D eigenvalue weighted by Gasteiger charge is 2.20. The Balaban J connectivity index is 1.24. The van der Waals surface area contributed by atoms with Crippen molar-refractivity contribution in [3.63, 3.8) is 0 Å². The Kier molecular flexibility index (Phi) is 10.6. The zero-order valence-corrected chi connectivity index (χ0v) is 30.5. The van der Waals surface area contributed by atoms with Crippen LogP contribution in [0.3, 0.4) is 0 Å². The second-order valence-electron chi connectivity index (χ2n) is 13.9. The number of aromatic amines is 2. The molecule has 0 amide bonds. The monoisotopic (exact) mass is 735 g/mol. The zero-order valence-electron chi connectivity index (χ0n) is 31.5. The summed E-state index contributed by atoms with van der Waals surface area (Å²) in [6, 6.07) is 17.5. The van der Waals surface area contributed by atoms with Crippen LogP contribution in [0.25, 0.3) is 46.4 Å². The number of nitrogens with zero attached hydrogens (tertiary/aromatic N) is 2. The molecule has 4 unspecified atom stereocenters. The van der Waals surface area contributed by atoms with Crippen molar-refractivity contribution in [1.29, 1.82) is 0 Å². The second kappa shape index (κ2) is 16.0. The van der Waals surface area contributed by atoms with Gasteiger partial charge >= 0.3 is 0 Å². The number of halogens is 4. The molecule has 6 nitrogen and oxygen atoms in total. The number of ether oxygens (including phenoxy) is 2. The predicted molar refractivity (Wildman–Crippen MR) is 206 cm³/mol. The Labute approximate surface area is 313 Å². The summed E-state index contributed by atoms with van der Waals surface area (Å²) in [5.74, 6) is -3.12. The number of fused-ring (bicyclic) bond motifs is 8. The summed E-state index contributed by atoms with van der Waals surface area (Å²) in [5.41, 5.74) is 7.08. The molecule has 7 rings (SSSR count). The molecule has 0 saturated heterocycles. The highest BCUT2D eigenvalue weighted by molar-refractivity contribution is 5.79. The molecule has 0 saturated carbocycles. The summed E-state index contributed by atoms with van der Waals surface area (Å²) in [7, 11) is 0. The molecule has 0 aliphatic carbocycles. The van der Waals surface area contributed by atoms with Crippen LogP contribution in [0.5, 0.6) is 0 Å². The minimum Gasteiger partial charge on any atom is -0.374 e. The van der Waals surface area contributed by atoms with Crippen molar-refractivity contribution in [2.45, 2.75) is 64.6 Å². The van der Waals surface area contributed by atoms with E-state index in [4.69, 9.17) is 19.4 Å². The van der Waals surface area contributed by atoms with Crippen molar-refractivity contribution in [3.8, 4) is 0 Å². The van der Waals surface area contributed by atoms with Gasteiger partial charge in [-0.2, -0.15) is 0 Å². The van der Waals surface area contributed by atoms with Gasteiger partial charge in [0, 0.05) is 57.5 Å². The van der Waals surface area contributed by atoms with Gasteiger partial charge in [-0.25, -0.2) is 27.5 Å². The second-order valence-corrected chi connectivity index (χ2v) is 13.9. The van der Waals surface area contributed by atoms with Crippen LogP contribution >= 0.6 is 0 Å². The predicted octanol–water partition coefficient (Wildman–Crippen LogP) is 11.8. The number of benzene rings is 2. The first-order valence-corrected chi connectivity index (χ1v) is 18.2. The third kappa shape index (κ3) is 8.25. The first-order valence-electron chi connectivity index (χ1n) is 18.7. The number of H-pyrrole nitrogens is 2. The maximum Gasteiger partial charge on any atom is 0.129 e. The molecule has 8 bridgehead atoms. The van der Waals surface area contributed by atoms with Crippen LogP contribution in [0, 0.1) is 23.3 Å². The van der Waals surface area contributed by atoms with Crippen LogP contribution in [0.4, 0.5) is 17.6 Å². The standard InChI is InChI=1S/C44H42F4N4O2/c1-25(43-37(45)7-5-8-38(43)46)15-17-53-27(3)35-21-33-20-31-12-11-29(49-31)19-30-13-14-32(50-30)23-41-36(22-34(52-41)24-42(35)51-33)28(4)54-18-16-26(2)44-39(47)9-6-10-40(44)48/h5-14,19-28,51-52H,15-18H2,1-4H3/i21D. The van der Waals surface area contributed by atoms with Gasteiger partial charge in [-0.05, 0) is 123 Å². The Bertz CT molecular complexity index is 2420. The number of aromatic nitrogens is 4. The lowest BCUT2D eigenvalue weighted by Crippen LogP contribution is -2.07. The van der Waals surface area contributed by atoms with Gasteiger partial charge in [0.05, 0.1) is 36.4 Å². The van der Waals surface area contributed by atoms with Crippen LogP contribution in [0.2, 0.25) is 0 Å². The first kappa shape index (κ1) is 35.7. The van der Waals surface area contributed by atoms with E-state index in [0.717, 1.165) is 33.7 Å². The molecule has 2 aliphatic rings. The van der Waals surface area contributed by atoms with Crippen molar-refractivity contribution in [3.05, 3.63) is 141 Å². The molecular formula is C44H42F4N4O2. The summed E-state index contributed by atoms with van der Waals surface area (Å²) in [6.45, 7) is 7.80. The number of rotatable bonds is 12. The molecule has 0 fully saturated rings. The Hall–Kier alpha value is -5.32. The molecule has 5 aromatic rings. The van der Waals surface area contributed by atoms with Crippen LogP contribution in [0.1, 0.15) is 111 Å². The molecule has 10 heteroatoms. The van der Waals surface area contributed by atoms with Crippen molar-refractivity contribution in [2.24, 2.45) is 0 Å². The van der Waals surface area contributed by atoms with Crippen LogP contribution in [-0.4, -0.2) is 33.1 Å². The van der Waals surface area contributed by atoms with Crippen LogP contribution in [-0.2, 0) is 9.47 Å². The van der Waals surface area contributed by atoms with E-state index in [-0.39, 0.29) is 30.4 Å². The maximum absolute atomic E-state index is 14.5. The molecule has 5 heterocycles. The topological polar surface area (TPSA) is 75.8 Å². The van der Waals surface area contributed by atoms with Gasteiger partial charge in [0.15, 0.2) is 0 Å². The fraction of sp³-hybridized carbons (Fsp3) is 0.273. The average molecular weight is 736 g/mol. The van der Waals surface area contributed by atoms with Gasteiger partial charge in [-0.15, -0.1) is 0 Å². The number of hydrogen-bond acceptors (Lipinski definition) is 4. The maximum atomic E-state index is 14.5. The Morgan fingerprint density at radius 3 is 1.56 bits per heavy atom. The summed E-state index contributed by atoms with van der Waals surface area (Å²) in [4.78, 5) is 16.4. The highest BCUT2D eigenvalue weighted by atomic mass is 19.1. The van der Waals surface area contributed by atoms with Gasteiger partial charge in [0.1, 0.15) is 23.3 Å². The zero-order chi connectivity index (χ0) is 38.8. The molecule has 54 heavy (non-hydrogen) atoms. The van der Waals surface area contributed by atoms with Gasteiger partial charge < -0.3 is 19.4 Å². The lowest BCUT2D eigenvalue weighted by atomic mass is 9.97.